The maximum atomic E-state index is 13.1. The third kappa shape index (κ3) is 3.65. The van der Waals surface area contributed by atoms with Crippen LogP contribution in [-0.4, -0.2) is 33.8 Å². The Labute approximate surface area is 137 Å². The average Bonchev–Trinajstić information content (AvgIpc) is 3.07. The Kier molecular flexibility index (Phi) is 5.13. The van der Waals surface area contributed by atoms with Gasteiger partial charge in [-0.25, -0.2) is 0 Å². The van der Waals surface area contributed by atoms with Crippen molar-refractivity contribution in [1.82, 2.24) is 10.1 Å². The molecule has 2 fully saturated rings. The molecule has 0 radical (unpaired) electrons. The molecule has 1 aromatic heterocycles. The molecule has 0 N–H and O–H groups in total. The standard InChI is InChI=1S/C18H26N2O3/c1-13(21)17-12-16(19-23-17)18(22)20(14-8-4-2-5-9-14)15-10-6-3-7-11-15/h12,14-15H,2-11H2,1H3. The van der Waals surface area contributed by atoms with Crippen LogP contribution in [0.3, 0.4) is 0 Å². The van der Waals surface area contributed by atoms with Crippen molar-refractivity contribution < 1.29 is 14.1 Å². The number of Topliss-reactive ketones (excluding diaryl/α,β-unsaturated/α-hetero) is 1. The zero-order valence-corrected chi connectivity index (χ0v) is 13.9. The Balaban J connectivity index is 1.82. The first kappa shape index (κ1) is 16.2. The van der Waals surface area contributed by atoms with Gasteiger partial charge in [-0.15, -0.1) is 0 Å². The van der Waals surface area contributed by atoms with Gasteiger partial charge < -0.3 is 9.42 Å². The van der Waals surface area contributed by atoms with Crippen molar-refractivity contribution in [3.8, 4) is 0 Å². The van der Waals surface area contributed by atoms with Crippen LogP contribution in [0.1, 0.15) is 92.2 Å². The molecule has 1 amide bonds. The summed E-state index contributed by atoms with van der Waals surface area (Å²) in [5.41, 5.74) is 0.284. The molecule has 0 aromatic carbocycles. The summed E-state index contributed by atoms with van der Waals surface area (Å²) in [6.45, 7) is 1.43. The Bertz CT molecular complexity index is 536. The van der Waals surface area contributed by atoms with Gasteiger partial charge in [-0.2, -0.15) is 0 Å². The van der Waals surface area contributed by atoms with Crippen LogP contribution in [0.5, 0.6) is 0 Å². The van der Waals surface area contributed by atoms with Gasteiger partial charge in [0.05, 0.1) is 0 Å². The average molecular weight is 318 g/mol. The normalized spacial score (nSPS) is 20.4. The van der Waals surface area contributed by atoms with Crippen molar-refractivity contribution in [2.45, 2.75) is 83.2 Å². The predicted octanol–water partition coefficient (Wildman–Crippen LogP) is 3.98. The first-order valence-electron chi connectivity index (χ1n) is 8.97. The highest BCUT2D eigenvalue weighted by Gasteiger charge is 2.34. The van der Waals surface area contributed by atoms with Crippen LogP contribution in [0.2, 0.25) is 0 Å². The second kappa shape index (κ2) is 7.28. The third-order valence-corrected chi connectivity index (χ3v) is 5.25. The summed E-state index contributed by atoms with van der Waals surface area (Å²) < 4.78 is 5.03. The highest BCUT2D eigenvalue weighted by molar-refractivity contribution is 5.97. The molecule has 2 aliphatic carbocycles. The van der Waals surface area contributed by atoms with E-state index in [4.69, 9.17) is 4.52 Å². The fourth-order valence-electron chi connectivity index (χ4n) is 4.02. The third-order valence-electron chi connectivity index (χ3n) is 5.25. The minimum absolute atomic E-state index is 0.0555. The highest BCUT2D eigenvalue weighted by atomic mass is 16.5. The van der Waals surface area contributed by atoms with Crippen LogP contribution in [0.25, 0.3) is 0 Å². The van der Waals surface area contributed by atoms with Gasteiger partial charge in [0, 0.05) is 25.1 Å². The monoisotopic (exact) mass is 318 g/mol. The molecule has 5 nitrogen and oxygen atoms in total. The van der Waals surface area contributed by atoms with E-state index in [-0.39, 0.29) is 23.1 Å². The molecule has 0 bridgehead atoms. The minimum Gasteiger partial charge on any atom is -0.352 e. The molecule has 2 saturated carbocycles. The smallest absolute Gasteiger partial charge is 0.276 e. The van der Waals surface area contributed by atoms with Crippen LogP contribution in [0.15, 0.2) is 10.6 Å². The summed E-state index contributed by atoms with van der Waals surface area (Å²) in [4.78, 5) is 26.6. The van der Waals surface area contributed by atoms with Crippen molar-refractivity contribution >= 4 is 11.7 Å². The van der Waals surface area contributed by atoms with E-state index in [1.807, 2.05) is 0 Å². The minimum atomic E-state index is -0.196. The predicted molar refractivity (Wildman–Crippen MR) is 86.4 cm³/mol. The maximum absolute atomic E-state index is 13.1. The lowest BCUT2D eigenvalue weighted by Crippen LogP contribution is -2.48. The van der Waals surface area contributed by atoms with Gasteiger partial charge in [-0.1, -0.05) is 43.7 Å². The van der Waals surface area contributed by atoms with E-state index in [1.165, 1.54) is 51.5 Å². The molecule has 126 valence electrons. The lowest BCUT2D eigenvalue weighted by molar-refractivity contribution is 0.0438. The van der Waals surface area contributed by atoms with Crippen LogP contribution >= 0.6 is 0 Å². The molecule has 1 aromatic rings. The number of hydrogen-bond acceptors (Lipinski definition) is 4. The zero-order chi connectivity index (χ0) is 16.2. The number of ketones is 1. The van der Waals surface area contributed by atoms with E-state index < -0.39 is 0 Å². The number of rotatable bonds is 4. The summed E-state index contributed by atoms with van der Waals surface area (Å²) >= 11 is 0. The van der Waals surface area contributed by atoms with Gasteiger partial charge in [0.2, 0.25) is 5.76 Å². The highest BCUT2D eigenvalue weighted by Crippen LogP contribution is 2.31. The first-order chi connectivity index (χ1) is 11.2. The van der Waals surface area contributed by atoms with Crippen LogP contribution in [0.4, 0.5) is 0 Å². The molecular formula is C18H26N2O3. The largest absolute Gasteiger partial charge is 0.352 e. The molecule has 0 atom stereocenters. The van der Waals surface area contributed by atoms with Gasteiger partial charge in [-0.3, -0.25) is 9.59 Å². The lowest BCUT2D eigenvalue weighted by atomic mass is 9.88. The lowest BCUT2D eigenvalue weighted by Gasteiger charge is -2.41. The van der Waals surface area contributed by atoms with Crippen molar-refractivity contribution in [3.63, 3.8) is 0 Å². The quantitative estimate of drug-likeness (QED) is 0.788. The van der Waals surface area contributed by atoms with E-state index in [0.717, 1.165) is 25.7 Å². The van der Waals surface area contributed by atoms with Crippen LogP contribution < -0.4 is 0 Å². The van der Waals surface area contributed by atoms with Gasteiger partial charge in [0.1, 0.15) is 0 Å². The molecule has 23 heavy (non-hydrogen) atoms. The molecule has 1 heterocycles. The second-order valence-electron chi connectivity index (χ2n) is 6.93. The summed E-state index contributed by atoms with van der Waals surface area (Å²) in [6.07, 6.45) is 11.6. The number of aromatic nitrogens is 1. The van der Waals surface area contributed by atoms with E-state index in [9.17, 15) is 9.59 Å². The molecule has 0 aliphatic heterocycles. The van der Waals surface area contributed by atoms with E-state index in [2.05, 4.69) is 10.1 Å². The Morgan fingerprint density at radius 3 is 1.96 bits per heavy atom. The van der Waals surface area contributed by atoms with E-state index >= 15 is 0 Å². The Hall–Kier alpha value is -1.65. The summed E-state index contributed by atoms with van der Waals surface area (Å²) in [5.74, 6) is -0.0842. The molecule has 0 unspecified atom stereocenters. The van der Waals surface area contributed by atoms with Gasteiger partial charge in [0.15, 0.2) is 11.5 Å². The molecule has 3 rings (SSSR count). The number of carbonyl (C=O) groups excluding carboxylic acids is 2. The molecule has 5 heteroatoms. The molecule has 2 aliphatic rings. The van der Waals surface area contributed by atoms with Gasteiger partial charge in [-0.05, 0) is 25.7 Å². The van der Waals surface area contributed by atoms with E-state index in [1.54, 1.807) is 0 Å². The van der Waals surface area contributed by atoms with Crippen molar-refractivity contribution in [2.24, 2.45) is 0 Å². The molecule has 0 spiro atoms. The SMILES string of the molecule is CC(=O)c1cc(C(=O)N(C2CCCCC2)C2CCCCC2)no1. The van der Waals surface area contributed by atoms with Gasteiger partial charge in [0.25, 0.3) is 5.91 Å². The fraction of sp³-hybridized carbons (Fsp3) is 0.722. The summed E-state index contributed by atoms with van der Waals surface area (Å²) in [6, 6.07) is 2.14. The van der Waals surface area contributed by atoms with Crippen LogP contribution in [0, 0.1) is 0 Å². The fourth-order valence-corrected chi connectivity index (χ4v) is 4.02. The van der Waals surface area contributed by atoms with Gasteiger partial charge >= 0.3 is 0 Å². The molecular weight excluding hydrogens is 292 g/mol. The van der Waals surface area contributed by atoms with Crippen molar-refractivity contribution in [1.29, 1.82) is 0 Å². The van der Waals surface area contributed by atoms with Crippen LogP contribution in [-0.2, 0) is 0 Å². The van der Waals surface area contributed by atoms with E-state index in [0.29, 0.717) is 12.1 Å². The number of carbonyl (C=O) groups is 2. The maximum Gasteiger partial charge on any atom is 0.276 e. The Morgan fingerprint density at radius 1 is 1.00 bits per heavy atom. The summed E-state index contributed by atoms with van der Waals surface area (Å²) in [7, 11) is 0. The zero-order valence-electron chi connectivity index (χ0n) is 13.9. The van der Waals surface area contributed by atoms with Crippen molar-refractivity contribution in [2.75, 3.05) is 0 Å². The molecule has 0 saturated heterocycles. The number of nitrogens with zero attached hydrogens (tertiary/aromatic N) is 2. The number of amides is 1. The second-order valence-corrected chi connectivity index (χ2v) is 6.93. The van der Waals surface area contributed by atoms with Crippen molar-refractivity contribution in [3.05, 3.63) is 17.5 Å². The first-order valence-corrected chi connectivity index (χ1v) is 8.97. The number of hydrogen-bond donors (Lipinski definition) is 0. The topological polar surface area (TPSA) is 63.4 Å². The Morgan fingerprint density at radius 2 is 1.52 bits per heavy atom. The summed E-state index contributed by atoms with van der Waals surface area (Å²) in [5, 5.41) is 3.86.